The summed E-state index contributed by atoms with van der Waals surface area (Å²) in [5, 5.41) is 14.4. The van der Waals surface area contributed by atoms with Crippen molar-refractivity contribution in [3.63, 3.8) is 0 Å². The molecule has 2 aromatic carbocycles. The Morgan fingerprint density at radius 2 is 1.93 bits per heavy atom. The second-order valence-electron chi connectivity index (χ2n) is 6.86. The van der Waals surface area contributed by atoms with E-state index in [4.69, 9.17) is 2.74 Å². The molecule has 0 aliphatic carbocycles. The first kappa shape index (κ1) is 17.5. The number of hydrogen-bond donors (Lipinski definition) is 4. The van der Waals surface area contributed by atoms with E-state index in [0.717, 1.165) is 18.2 Å². The molecule has 1 saturated heterocycles. The van der Waals surface area contributed by atoms with Gasteiger partial charge in [0.1, 0.15) is 29.6 Å². The number of carbonyl (C=O) groups excluding carboxylic acids is 2. The second-order valence-corrected chi connectivity index (χ2v) is 6.86. The molecule has 4 N–H and O–H groups in total. The Hall–Kier alpha value is -3.33. The van der Waals surface area contributed by atoms with Gasteiger partial charge in [-0.05, 0) is 47.9 Å². The van der Waals surface area contributed by atoms with Crippen LogP contribution in [0.3, 0.4) is 0 Å². The summed E-state index contributed by atoms with van der Waals surface area (Å²) in [6.07, 6.45) is -4.62. The molecule has 9 heteroatoms. The molecular formula is C21H18F3N3O3. The number of aliphatic hydroxyl groups is 1. The minimum Gasteiger partial charge on any atom is -0.389 e. The lowest BCUT2D eigenvalue weighted by Crippen LogP contribution is -2.45. The molecule has 0 saturated carbocycles. The zero-order valence-corrected chi connectivity index (χ0v) is 15.4. The first-order chi connectivity index (χ1) is 15.2. The number of nitrogens with one attached hydrogen (secondary N) is 3. The first-order valence-corrected chi connectivity index (χ1v) is 9.04. The number of rotatable bonds is 5. The standard InChI is InChI=1S/C21H18F3N3O3/c22-11-3-1-10(2-4-11)18-13(14-7-12(23)8-15(24)19(14)27-18)5-6-17(29)26-20-16(28)9-25-21(20)30/h1-4,7-8,16,20,27-28H,5-6,9H2,(H,25,30)(H,26,29)/t16-,20+/m1/s1/i5D,6D/t5?,6?,16-,20+. The maximum absolute atomic E-state index is 14.4. The molecule has 6 nitrogen and oxygen atoms in total. The number of hydrogen-bond acceptors (Lipinski definition) is 3. The summed E-state index contributed by atoms with van der Waals surface area (Å²) in [5.41, 5.74) is 0.314. The third-order valence-electron chi connectivity index (χ3n) is 4.85. The van der Waals surface area contributed by atoms with Crippen molar-refractivity contribution >= 4 is 22.7 Å². The fourth-order valence-electron chi connectivity index (χ4n) is 3.39. The van der Waals surface area contributed by atoms with Gasteiger partial charge in [-0.1, -0.05) is 0 Å². The molecular weight excluding hydrogens is 399 g/mol. The van der Waals surface area contributed by atoms with E-state index in [2.05, 4.69) is 15.6 Å². The van der Waals surface area contributed by atoms with Crippen molar-refractivity contribution in [3.05, 3.63) is 59.4 Å². The third kappa shape index (κ3) is 3.76. The van der Waals surface area contributed by atoms with Crippen molar-refractivity contribution in [1.29, 1.82) is 0 Å². The first-order valence-electron chi connectivity index (χ1n) is 10.2. The van der Waals surface area contributed by atoms with Crippen LogP contribution < -0.4 is 10.6 Å². The molecule has 2 unspecified atom stereocenters. The number of aromatic nitrogens is 1. The molecule has 2 amide bonds. The number of benzene rings is 2. The van der Waals surface area contributed by atoms with E-state index >= 15 is 0 Å². The van der Waals surface area contributed by atoms with Crippen LogP contribution in [0, 0.1) is 17.5 Å². The van der Waals surface area contributed by atoms with Crippen molar-refractivity contribution in [1.82, 2.24) is 15.6 Å². The van der Waals surface area contributed by atoms with Crippen LogP contribution >= 0.6 is 0 Å². The molecule has 1 fully saturated rings. The second kappa shape index (κ2) is 7.83. The quantitative estimate of drug-likeness (QED) is 0.511. The predicted molar refractivity (Wildman–Crippen MR) is 103 cm³/mol. The summed E-state index contributed by atoms with van der Waals surface area (Å²) in [6, 6.07) is 5.39. The van der Waals surface area contributed by atoms with Crippen molar-refractivity contribution in [3.8, 4) is 11.3 Å². The Labute approximate surface area is 171 Å². The highest BCUT2D eigenvalue weighted by Gasteiger charge is 2.34. The van der Waals surface area contributed by atoms with E-state index in [1.165, 1.54) is 12.1 Å². The van der Waals surface area contributed by atoms with E-state index in [-0.39, 0.29) is 28.7 Å². The van der Waals surface area contributed by atoms with Crippen LogP contribution in [0.1, 0.15) is 14.7 Å². The number of aromatic amines is 1. The summed E-state index contributed by atoms with van der Waals surface area (Å²) >= 11 is 0. The largest absolute Gasteiger partial charge is 0.389 e. The van der Waals surface area contributed by atoms with Gasteiger partial charge in [-0.3, -0.25) is 9.59 Å². The Kier molecular flexibility index (Phi) is 4.57. The van der Waals surface area contributed by atoms with Gasteiger partial charge in [-0.25, -0.2) is 13.2 Å². The molecule has 1 aromatic heterocycles. The van der Waals surface area contributed by atoms with E-state index in [1.807, 2.05) is 0 Å². The lowest BCUT2D eigenvalue weighted by Gasteiger charge is -2.13. The van der Waals surface area contributed by atoms with E-state index in [0.29, 0.717) is 11.6 Å². The van der Waals surface area contributed by atoms with Crippen molar-refractivity contribution in [2.24, 2.45) is 0 Å². The molecule has 0 spiro atoms. The normalized spacial score (nSPS) is 21.7. The van der Waals surface area contributed by atoms with Crippen LogP contribution in [0.4, 0.5) is 13.2 Å². The molecule has 4 atom stereocenters. The predicted octanol–water partition coefficient (Wildman–Crippen LogP) is 2.16. The fraction of sp³-hybridized carbons (Fsp3) is 0.238. The highest BCUT2D eigenvalue weighted by molar-refractivity contribution is 5.93. The minimum atomic E-state index is -1.81. The van der Waals surface area contributed by atoms with Gasteiger partial charge in [-0.2, -0.15) is 0 Å². The minimum absolute atomic E-state index is 0.0309. The molecule has 0 bridgehead atoms. The lowest BCUT2D eigenvalue weighted by molar-refractivity contribution is -0.128. The van der Waals surface area contributed by atoms with Gasteiger partial charge in [0.05, 0.1) is 5.52 Å². The number of halogens is 3. The maximum atomic E-state index is 14.4. The Balaban J connectivity index is 1.76. The van der Waals surface area contributed by atoms with Gasteiger partial charge < -0.3 is 20.7 Å². The van der Waals surface area contributed by atoms with Gasteiger partial charge in [0.15, 0.2) is 0 Å². The highest BCUT2D eigenvalue weighted by Crippen LogP contribution is 2.33. The van der Waals surface area contributed by atoms with Gasteiger partial charge in [0, 0.05) is 32.8 Å². The van der Waals surface area contributed by atoms with Gasteiger partial charge >= 0.3 is 0 Å². The number of aliphatic hydroxyl groups excluding tert-OH is 1. The smallest absolute Gasteiger partial charge is 0.245 e. The summed E-state index contributed by atoms with van der Waals surface area (Å²) in [6.45, 7) is -0.0630. The summed E-state index contributed by atoms with van der Waals surface area (Å²) < 4.78 is 58.6. The molecule has 0 radical (unpaired) electrons. The lowest BCUT2D eigenvalue weighted by atomic mass is 10.0. The monoisotopic (exact) mass is 419 g/mol. The number of aryl methyl sites for hydroxylation is 1. The molecule has 30 heavy (non-hydrogen) atoms. The third-order valence-corrected chi connectivity index (χ3v) is 4.85. The Bertz CT molecular complexity index is 1200. The number of amides is 2. The maximum Gasteiger partial charge on any atom is 0.245 e. The van der Waals surface area contributed by atoms with Gasteiger partial charge in [0.25, 0.3) is 0 Å². The summed E-state index contributed by atoms with van der Waals surface area (Å²) in [5.74, 6) is -4.01. The van der Waals surface area contributed by atoms with E-state index in [1.54, 1.807) is 0 Å². The molecule has 156 valence electrons. The van der Waals surface area contributed by atoms with Crippen LogP contribution in [-0.4, -0.2) is 40.6 Å². The van der Waals surface area contributed by atoms with Crippen molar-refractivity contribution in [2.75, 3.05) is 6.54 Å². The van der Waals surface area contributed by atoms with Crippen molar-refractivity contribution < 1.29 is 30.6 Å². The van der Waals surface area contributed by atoms with Crippen LogP contribution in [0.5, 0.6) is 0 Å². The number of carbonyl (C=O) groups is 2. The van der Waals surface area contributed by atoms with Crippen LogP contribution in [0.15, 0.2) is 36.4 Å². The van der Waals surface area contributed by atoms with Gasteiger partial charge in [-0.15, -0.1) is 0 Å². The van der Waals surface area contributed by atoms with Crippen molar-refractivity contribution in [2.45, 2.75) is 24.9 Å². The molecule has 1 aliphatic rings. The number of β-amino-alcohol motifs (C(OH)–C–C–N with tert-alkyl or cyclic N) is 1. The van der Waals surface area contributed by atoms with Crippen LogP contribution in [0.25, 0.3) is 22.2 Å². The topological polar surface area (TPSA) is 94.2 Å². The average molecular weight is 419 g/mol. The SMILES string of the molecule is [2H]C(C(=O)N[C@@H]1C(=O)NC[C@H]1O)C([2H])c1c(-c2ccc(F)cc2)[nH]c2c(F)cc(F)cc12. The number of fused-ring (bicyclic) bond motifs is 1. The van der Waals surface area contributed by atoms with E-state index in [9.17, 15) is 27.9 Å². The fourth-order valence-corrected chi connectivity index (χ4v) is 3.39. The average Bonchev–Trinajstić information content (AvgIpc) is 3.28. The molecule has 1 aliphatic heterocycles. The Morgan fingerprint density at radius 3 is 2.60 bits per heavy atom. The molecule has 2 heterocycles. The molecule has 3 aromatic rings. The Morgan fingerprint density at radius 1 is 1.20 bits per heavy atom. The summed E-state index contributed by atoms with van der Waals surface area (Å²) in [7, 11) is 0. The summed E-state index contributed by atoms with van der Waals surface area (Å²) in [4.78, 5) is 27.1. The zero-order chi connectivity index (χ0) is 23.2. The van der Waals surface area contributed by atoms with Crippen LogP contribution in [0.2, 0.25) is 0 Å². The van der Waals surface area contributed by atoms with E-state index < -0.39 is 54.2 Å². The molecule has 4 rings (SSSR count). The van der Waals surface area contributed by atoms with Crippen LogP contribution in [-0.2, 0) is 16.0 Å². The van der Waals surface area contributed by atoms with Gasteiger partial charge in [0.2, 0.25) is 11.8 Å². The number of H-pyrrole nitrogens is 1. The zero-order valence-electron chi connectivity index (χ0n) is 17.4. The highest BCUT2D eigenvalue weighted by atomic mass is 19.1.